The fourth-order valence-electron chi connectivity index (χ4n) is 3.20. The Balaban J connectivity index is 2.02. The van der Waals surface area contributed by atoms with Gasteiger partial charge in [-0.25, -0.2) is 0 Å². The lowest BCUT2D eigenvalue weighted by Gasteiger charge is -2.26. The largest absolute Gasteiger partial charge is 0.346 e. The summed E-state index contributed by atoms with van der Waals surface area (Å²) in [5, 5.41) is 1.20. The fraction of sp³-hybridized carbons (Fsp3) is 0.400. The lowest BCUT2D eigenvalue weighted by atomic mass is 9.85. The van der Waals surface area contributed by atoms with E-state index in [2.05, 4.69) is 59.7 Å². The van der Waals surface area contributed by atoms with E-state index >= 15 is 0 Å². The van der Waals surface area contributed by atoms with Crippen LogP contribution in [0.4, 0.5) is 0 Å². The van der Waals surface area contributed by atoms with E-state index in [1.807, 2.05) is 25.5 Å². The molecule has 0 radical (unpaired) electrons. The third-order valence-corrected chi connectivity index (χ3v) is 4.86. The predicted molar refractivity (Wildman–Crippen MR) is 99.2 cm³/mol. The van der Waals surface area contributed by atoms with Gasteiger partial charge in [-0.1, -0.05) is 26.8 Å². The van der Waals surface area contributed by atoms with Crippen molar-refractivity contribution in [3.05, 3.63) is 59.8 Å². The molecule has 3 heterocycles. The molecule has 1 unspecified atom stereocenters. The van der Waals surface area contributed by atoms with Crippen molar-refractivity contribution in [1.82, 2.24) is 14.5 Å². The van der Waals surface area contributed by atoms with Crippen molar-refractivity contribution in [3.8, 4) is 0 Å². The molecule has 126 valence electrons. The molecule has 24 heavy (non-hydrogen) atoms. The summed E-state index contributed by atoms with van der Waals surface area (Å²) in [7, 11) is 0. The Bertz CT molecular complexity index is 830. The van der Waals surface area contributed by atoms with Crippen LogP contribution in [0.1, 0.15) is 43.5 Å². The summed E-state index contributed by atoms with van der Waals surface area (Å²) in [6.07, 6.45) is 8.04. The molecule has 3 rings (SSSR count). The molecule has 0 aliphatic heterocycles. The van der Waals surface area contributed by atoms with Crippen LogP contribution >= 0.6 is 0 Å². The number of fused-ring (bicyclic) bond motifs is 1. The summed E-state index contributed by atoms with van der Waals surface area (Å²) < 4.78 is 2.33. The maximum absolute atomic E-state index is 5.90. The molecule has 4 nitrogen and oxygen atoms in total. The number of hydrogen-bond donors (Lipinski definition) is 1. The average molecular weight is 322 g/mol. The molecule has 0 fully saturated rings. The molecule has 0 aromatic carbocycles. The normalized spacial score (nSPS) is 13.4. The highest BCUT2D eigenvalue weighted by atomic mass is 15.0. The number of pyridine rings is 2. The molecule has 2 N–H and O–H groups in total. The van der Waals surface area contributed by atoms with Gasteiger partial charge in [-0.15, -0.1) is 0 Å². The first-order valence-corrected chi connectivity index (χ1v) is 8.48. The minimum Gasteiger partial charge on any atom is -0.346 e. The predicted octanol–water partition coefficient (Wildman–Crippen LogP) is 3.78. The van der Waals surface area contributed by atoms with Crippen LogP contribution in [0.3, 0.4) is 0 Å². The SMILES string of the molecule is Cc1ccc(C(C)(C)Cn2cc(C(C)CN)c3cnccc32)cn1. The van der Waals surface area contributed by atoms with Crippen molar-refractivity contribution in [2.45, 2.75) is 45.6 Å². The van der Waals surface area contributed by atoms with E-state index in [-0.39, 0.29) is 5.41 Å². The first kappa shape index (κ1) is 16.7. The average Bonchev–Trinajstić information content (AvgIpc) is 2.93. The number of aromatic nitrogens is 3. The quantitative estimate of drug-likeness (QED) is 0.777. The molecule has 0 saturated carbocycles. The highest BCUT2D eigenvalue weighted by Crippen LogP contribution is 2.31. The lowest BCUT2D eigenvalue weighted by molar-refractivity contribution is 0.440. The van der Waals surface area contributed by atoms with Gasteiger partial charge in [0.1, 0.15) is 0 Å². The van der Waals surface area contributed by atoms with Crippen LogP contribution in [0.5, 0.6) is 0 Å². The Morgan fingerprint density at radius 1 is 1.21 bits per heavy atom. The summed E-state index contributed by atoms with van der Waals surface area (Å²) in [6, 6.07) is 6.35. The lowest BCUT2D eigenvalue weighted by Crippen LogP contribution is -2.24. The molecule has 3 aromatic rings. The van der Waals surface area contributed by atoms with Crippen LogP contribution in [0, 0.1) is 6.92 Å². The van der Waals surface area contributed by atoms with Crippen molar-refractivity contribution in [1.29, 1.82) is 0 Å². The van der Waals surface area contributed by atoms with Gasteiger partial charge in [0, 0.05) is 47.8 Å². The third-order valence-electron chi connectivity index (χ3n) is 4.86. The molecule has 4 heteroatoms. The van der Waals surface area contributed by atoms with Crippen LogP contribution in [-0.2, 0) is 12.0 Å². The zero-order chi connectivity index (χ0) is 17.3. The fourth-order valence-corrected chi connectivity index (χ4v) is 3.20. The monoisotopic (exact) mass is 322 g/mol. The van der Waals surface area contributed by atoms with Crippen LogP contribution in [0.2, 0.25) is 0 Å². The number of rotatable bonds is 5. The van der Waals surface area contributed by atoms with Crippen LogP contribution in [0.25, 0.3) is 10.9 Å². The van der Waals surface area contributed by atoms with E-state index < -0.39 is 0 Å². The van der Waals surface area contributed by atoms with Gasteiger partial charge < -0.3 is 10.3 Å². The number of hydrogen-bond acceptors (Lipinski definition) is 3. The second kappa shape index (κ2) is 6.36. The minimum absolute atomic E-state index is 0.0147. The molecule has 0 spiro atoms. The van der Waals surface area contributed by atoms with E-state index in [0.717, 1.165) is 12.2 Å². The Labute approximate surface area is 143 Å². The molecular formula is C20H26N4. The van der Waals surface area contributed by atoms with Gasteiger partial charge in [-0.2, -0.15) is 0 Å². The summed E-state index contributed by atoms with van der Waals surface area (Å²) in [5.41, 5.74) is 10.7. The van der Waals surface area contributed by atoms with Crippen LogP contribution in [0.15, 0.2) is 43.0 Å². The van der Waals surface area contributed by atoms with E-state index in [1.165, 1.54) is 22.0 Å². The molecule has 3 aromatic heterocycles. The van der Waals surface area contributed by atoms with Gasteiger partial charge in [-0.05, 0) is 42.6 Å². The number of nitrogens with zero attached hydrogens (tertiary/aromatic N) is 3. The molecular weight excluding hydrogens is 296 g/mol. The van der Waals surface area contributed by atoms with Gasteiger partial charge in [0.15, 0.2) is 0 Å². The molecule has 0 saturated heterocycles. The van der Waals surface area contributed by atoms with E-state index in [9.17, 15) is 0 Å². The molecule has 0 amide bonds. The Kier molecular flexibility index (Phi) is 4.41. The maximum Gasteiger partial charge on any atom is 0.0514 e. The van der Waals surface area contributed by atoms with Crippen molar-refractivity contribution >= 4 is 10.9 Å². The van der Waals surface area contributed by atoms with Crippen molar-refractivity contribution in [2.75, 3.05) is 6.54 Å². The van der Waals surface area contributed by atoms with Gasteiger partial charge in [0.2, 0.25) is 0 Å². The Morgan fingerprint density at radius 3 is 2.67 bits per heavy atom. The van der Waals surface area contributed by atoms with Crippen molar-refractivity contribution < 1.29 is 0 Å². The number of aryl methyl sites for hydroxylation is 1. The Hall–Kier alpha value is -2.20. The van der Waals surface area contributed by atoms with Crippen molar-refractivity contribution in [2.24, 2.45) is 5.73 Å². The Morgan fingerprint density at radius 2 is 2.00 bits per heavy atom. The molecule has 0 bridgehead atoms. The summed E-state index contributed by atoms with van der Waals surface area (Å²) in [4.78, 5) is 8.76. The van der Waals surface area contributed by atoms with Crippen LogP contribution < -0.4 is 5.73 Å². The van der Waals surface area contributed by atoms with Gasteiger partial charge >= 0.3 is 0 Å². The zero-order valence-electron chi connectivity index (χ0n) is 15.0. The smallest absolute Gasteiger partial charge is 0.0514 e. The topological polar surface area (TPSA) is 56.7 Å². The second-order valence-corrected chi connectivity index (χ2v) is 7.31. The summed E-state index contributed by atoms with van der Waals surface area (Å²) >= 11 is 0. The van der Waals surface area contributed by atoms with Crippen LogP contribution in [-0.4, -0.2) is 21.1 Å². The summed E-state index contributed by atoms with van der Waals surface area (Å²) in [6.45, 7) is 10.2. The summed E-state index contributed by atoms with van der Waals surface area (Å²) in [5.74, 6) is 0.321. The number of nitrogens with two attached hydrogens (primary N) is 1. The van der Waals surface area contributed by atoms with Gasteiger partial charge in [-0.3, -0.25) is 9.97 Å². The zero-order valence-corrected chi connectivity index (χ0v) is 15.0. The first-order valence-electron chi connectivity index (χ1n) is 8.48. The highest BCUT2D eigenvalue weighted by Gasteiger charge is 2.23. The minimum atomic E-state index is -0.0147. The molecule has 0 aliphatic rings. The maximum atomic E-state index is 5.90. The third kappa shape index (κ3) is 3.06. The highest BCUT2D eigenvalue weighted by molar-refractivity contribution is 5.83. The first-order chi connectivity index (χ1) is 11.4. The van der Waals surface area contributed by atoms with Crippen molar-refractivity contribution in [3.63, 3.8) is 0 Å². The van der Waals surface area contributed by atoms with E-state index in [4.69, 9.17) is 5.73 Å². The standard InChI is InChI=1S/C20H26N4/c1-14(9-21)18-12-24(19-7-8-22-11-17(18)19)13-20(3,4)16-6-5-15(2)23-10-16/h5-8,10-12,14H,9,13,21H2,1-4H3. The van der Waals surface area contributed by atoms with E-state index in [0.29, 0.717) is 12.5 Å². The van der Waals surface area contributed by atoms with Gasteiger partial charge in [0.25, 0.3) is 0 Å². The second-order valence-electron chi connectivity index (χ2n) is 7.31. The van der Waals surface area contributed by atoms with Gasteiger partial charge in [0.05, 0.1) is 5.52 Å². The molecule has 0 aliphatic carbocycles. The van der Waals surface area contributed by atoms with E-state index in [1.54, 1.807) is 0 Å². The molecule has 1 atom stereocenters.